The van der Waals surface area contributed by atoms with Crippen LogP contribution >= 0.6 is 11.6 Å². The smallest absolute Gasteiger partial charge is 0.323 e. The average molecular weight is 406 g/mol. The number of halogens is 1. The van der Waals surface area contributed by atoms with Gasteiger partial charge in [0.2, 0.25) is 0 Å². The summed E-state index contributed by atoms with van der Waals surface area (Å²) in [4.78, 5) is 22.2. The van der Waals surface area contributed by atoms with Crippen molar-refractivity contribution in [1.29, 1.82) is 0 Å². The quantitative estimate of drug-likeness (QED) is 0.414. The molecule has 0 saturated carbocycles. The molecule has 0 atom stereocenters. The van der Waals surface area contributed by atoms with Crippen LogP contribution < -0.4 is 15.5 Å². The topological polar surface area (TPSA) is 73.1 Å². The number of carbonyl (C=O) groups excluding carboxylic acids is 1. The second kappa shape index (κ2) is 7.85. The molecule has 0 aliphatic heterocycles. The Morgan fingerprint density at radius 1 is 0.966 bits per heavy atom. The van der Waals surface area contributed by atoms with E-state index in [1.165, 1.54) is 0 Å². The number of nitrogens with zero attached hydrogens (tertiary/aromatic N) is 2. The Balaban J connectivity index is 1.51. The highest BCUT2D eigenvalue weighted by atomic mass is 35.5. The maximum atomic E-state index is 12.4. The molecule has 2 amide bonds. The van der Waals surface area contributed by atoms with Gasteiger partial charge in [-0.25, -0.2) is 9.78 Å². The molecule has 0 fully saturated rings. The summed E-state index contributed by atoms with van der Waals surface area (Å²) in [5, 5.41) is 6.22. The average Bonchev–Trinajstić information content (AvgIpc) is 3.14. The van der Waals surface area contributed by atoms with Crippen molar-refractivity contribution in [3.05, 3.63) is 71.8 Å². The largest absolute Gasteiger partial charge is 0.378 e. The summed E-state index contributed by atoms with van der Waals surface area (Å²) >= 11 is 6.37. The van der Waals surface area contributed by atoms with E-state index < -0.39 is 0 Å². The number of fused-ring (bicyclic) bond motifs is 1. The third-order valence-corrected chi connectivity index (χ3v) is 4.84. The molecule has 29 heavy (non-hydrogen) atoms. The molecular formula is C22H20ClN5O. The number of aromatic amines is 1. The summed E-state index contributed by atoms with van der Waals surface area (Å²) in [6, 6.07) is 20.3. The summed E-state index contributed by atoms with van der Waals surface area (Å²) in [5.74, 6) is 0.652. The first-order valence-electron chi connectivity index (χ1n) is 9.10. The number of hydrogen-bond acceptors (Lipinski definition) is 3. The standard InChI is InChI=1S/C22H20ClN5O/c1-28(2)16-10-7-14(8-11-16)24-22(29)25-15-9-12-18(23)17(13-15)21-26-19-5-3-4-6-20(19)27-21/h3-13H,1-2H3,(H,26,27)(H2,24,25,29). The van der Waals surface area contributed by atoms with Gasteiger partial charge in [0.05, 0.1) is 16.1 Å². The molecule has 6 nitrogen and oxygen atoms in total. The van der Waals surface area contributed by atoms with Crippen molar-refractivity contribution < 1.29 is 4.79 Å². The lowest BCUT2D eigenvalue weighted by Crippen LogP contribution is -2.19. The summed E-state index contributed by atoms with van der Waals surface area (Å²) in [6.07, 6.45) is 0. The summed E-state index contributed by atoms with van der Waals surface area (Å²) in [7, 11) is 3.94. The first kappa shape index (κ1) is 18.8. The van der Waals surface area contributed by atoms with Gasteiger partial charge in [0.25, 0.3) is 0 Å². The molecule has 3 aromatic carbocycles. The third kappa shape index (κ3) is 4.17. The van der Waals surface area contributed by atoms with Gasteiger partial charge in [0.15, 0.2) is 0 Å². The van der Waals surface area contributed by atoms with Crippen molar-refractivity contribution >= 4 is 45.7 Å². The Morgan fingerprint density at radius 2 is 1.66 bits per heavy atom. The van der Waals surface area contributed by atoms with E-state index in [0.29, 0.717) is 22.2 Å². The number of hydrogen-bond donors (Lipinski definition) is 3. The second-order valence-electron chi connectivity index (χ2n) is 6.82. The van der Waals surface area contributed by atoms with E-state index in [0.717, 1.165) is 22.3 Å². The molecule has 146 valence electrons. The van der Waals surface area contributed by atoms with Crippen LogP contribution in [0.5, 0.6) is 0 Å². The number of nitrogens with one attached hydrogen (secondary N) is 3. The monoisotopic (exact) mass is 405 g/mol. The Morgan fingerprint density at radius 3 is 2.38 bits per heavy atom. The van der Waals surface area contributed by atoms with Crippen LogP contribution in [0.2, 0.25) is 5.02 Å². The fraction of sp³-hybridized carbons (Fsp3) is 0.0909. The Labute approximate surface area is 173 Å². The Hall–Kier alpha value is -3.51. The van der Waals surface area contributed by atoms with Crippen LogP contribution in [0.4, 0.5) is 21.9 Å². The molecular weight excluding hydrogens is 386 g/mol. The van der Waals surface area contributed by atoms with Crippen LogP contribution in [0.15, 0.2) is 66.7 Å². The van der Waals surface area contributed by atoms with Crippen LogP contribution in [-0.4, -0.2) is 30.1 Å². The Kier molecular flexibility index (Phi) is 5.10. The number of para-hydroxylation sites is 2. The number of imidazole rings is 1. The van der Waals surface area contributed by atoms with E-state index in [-0.39, 0.29) is 6.03 Å². The maximum absolute atomic E-state index is 12.4. The lowest BCUT2D eigenvalue weighted by atomic mass is 10.2. The highest BCUT2D eigenvalue weighted by Gasteiger charge is 2.11. The zero-order valence-corrected chi connectivity index (χ0v) is 16.8. The van der Waals surface area contributed by atoms with Gasteiger partial charge in [-0.1, -0.05) is 23.7 Å². The van der Waals surface area contributed by atoms with Crippen molar-refractivity contribution in [2.75, 3.05) is 29.6 Å². The first-order chi connectivity index (χ1) is 14.0. The van der Waals surface area contributed by atoms with Gasteiger partial charge < -0.3 is 20.5 Å². The minimum absolute atomic E-state index is 0.333. The fourth-order valence-corrected chi connectivity index (χ4v) is 3.21. The molecule has 1 heterocycles. The first-order valence-corrected chi connectivity index (χ1v) is 9.47. The Bertz CT molecular complexity index is 1130. The second-order valence-corrected chi connectivity index (χ2v) is 7.22. The highest BCUT2D eigenvalue weighted by Crippen LogP contribution is 2.30. The van der Waals surface area contributed by atoms with Crippen LogP contribution in [0.25, 0.3) is 22.4 Å². The van der Waals surface area contributed by atoms with Gasteiger partial charge >= 0.3 is 6.03 Å². The fourth-order valence-electron chi connectivity index (χ4n) is 3.00. The molecule has 3 N–H and O–H groups in total. The van der Waals surface area contributed by atoms with Gasteiger partial charge in [-0.2, -0.15) is 0 Å². The number of aromatic nitrogens is 2. The van der Waals surface area contributed by atoms with E-state index >= 15 is 0 Å². The van der Waals surface area contributed by atoms with Crippen molar-refractivity contribution in [2.24, 2.45) is 0 Å². The SMILES string of the molecule is CN(C)c1ccc(NC(=O)Nc2ccc(Cl)c(-c3nc4ccccc4[nH]3)c2)cc1. The molecule has 0 unspecified atom stereocenters. The minimum Gasteiger partial charge on any atom is -0.378 e. The number of anilines is 3. The number of amides is 2. The van der Waals surface area contributed by atoms with E-state index in [9.17, 15) is 4.79 Å². The van der Waals surface area contributed by atoms with Crippen LogP contribution in [0, 0.1) is 0 Å². The predicted molar refractivity (Wildman–Crippen MR) is 120 cm³/mol. The van der Waals surface area contributed by atoms with Crippen molar-refractivity contribution in [1.82, 2.24) is 9.97 Å². The summed E-state index contributed by atoms with van der Waals surface area (Å²) in [5.41, 5.74) is 4.89. The van der Waals surface area contributed by atoms with Gasteiger partial charge in [-0.05, 0) is 54.6 Å². The van der Waals surface area contributed by atoms with E-state index in [2.05, 4.69) is 20.6 Å². The summed E-state index contributed by atoms with van der Waals surface area (Å²) in [6.45, 7) is 0. The third-order valence-electron chi connectivity index (χ3n) is 4.51. The molecule has 0 aliphatic carbocycles. The number of rotatable bonds is 4. The van der Waals surface area contributed by atoms with Gasteiger partial charge in [-0.3, -0.25) is 0 Å². The number of carbonyl (C=O) groups is 1. The van der Waals surface area contributed by atoms with E-state index in [4.69, 9.17) is 11.6 Å². The molecule has 0 aliphatic rings. The molecule has 0 spiro atoms. The van der Waals surface area contributed by atoms with Crippen LogP contribution in [0.3, 0.4) is 0 Å². The summed E-state index contributed by atoms with van der Waals surface area (Å²) < 4.78 is 0. The number of urea groups is 1. The highest BCUT2D eigenvalue weighted by molar-refractivity contribution is 6.33. The van der Waals surface area contributed by atoms with Gasteiger partial charge in [-0.15, -0.1) is 0 Å². The zero-order chi connectivity index (χ0) is 20.4. The van der Waals surface area contributed by atoms with Crippen molar-refractivity contribution in [3.63, 3.8) is 0 Å². The molecule has 4 rings (SSSR count). The lowest BCUT2D eigenvalue weighted by Gasteiger charge is -2.13. The molecule has 0 bridgehead atoms. The number of benzene rings is 3. The van der Waals surface area contributed by atoms with Gasteiger partial charge in [0.1, 0.15) is 5.82 Å². The molecule has 0 radical (unpaired) electrons. The zero-order valence-electron chi connectivity index (χ0n) is 16.0. The molecule has 0 saturated heterocycles. The van der Waals surface area contributed by atoms with Crippen molar-refractivity contribution in [2.45, 2.75) is 0 Å². The maximum Gasteiger partial charge on any atom is 0.323 e. The minimum atomic E-state index is -0.333. The molecule has 7 heteroatoms. The van der Waals surface area contributed by atoms with Crippen molar-refractivity contribution in [3.8, 4) is 11.4 Å². The lowest BCUT2D eigenvalue weighted by molar-refractivity contribution is 0.262. The number of H-pyrrole nitrogens is 1. The van der Waals surface area contributed by atoms with Crippen LogP contribution in [0.1, 0.15) is 0 Å². The van der Waals surface area contributed by atoms with E-state index in [1.807, 2.05) is 67.5 Å². The van der Waals surface area contributed by atoms with Gasteiger partial charge in [0, 0.05) is 36.7 Å². The van der Waals surface area contributed by atoms with Crippen LogP contribution in [-0.2, 0) is 0 Å². The molecule has 4 aromatic rings. The predicted octanol–water partition coefficient (Wildman–Crippen LogP) is 5.59. The van der Waals surface area contributed by atoms with E-state index in [1.54, 1.807) is 18.2 Å². The normalized spacial score (nSPS) is 10.7. The molecule has 1 aromatic heterocycles.